The Bertz CT molecular complexity index is 1340. The molecular weight excluding hydrogens is 498 g/mol. The summed E-state index contributed by atoms with van der Waals surface area (Å²) in [5.74, 6) is -0.0280. The van der Waals surface area contributed by atoms with Crippen LogP contribution in [0.4, 0.5) is 5.69 Å². The maximum absolute atomic E-state index is 13.5. The molecule has 1 atom stereocenters. The number of hydrogen-bond acceptors (Lipinski definition) is 5. The maximum atomic E-state index is 13.5. The Labute approximate surface area is 216 Å². The van der Waals surface area contributed by atoms with Crippen LogP contribution in [0.5, 0.6) is 5.75 Å². The van der Waals surface area contributed by atoms with Crippen LogP contribution in [0.15, 0.2) is 77.7 Å². The first-order valence-electron chi connectivity index (χ1n) is 12.0. The van der Waals surface area contributed by atoms with Gasteiger partial charge in [-0.2, -0.15) is 0 Å². The van der Waals surface area contributed by atoms with Crippen LogP contribution in [0.25, 0.3) is 0 Å². The van der Waals surface area contributed by atoms with Gasteiger partial charge in [0.25, 0.3) is 15.9 Å². The third-order valence-electron chi connectivity index (χ3n) is 6.49. The zero-order chi connectivity index (χ0) is 25.1. The largest absolute Gasteiger partial charge is 0.476 e. The molecule has 0 spiro atoms. The minimum Gasteiger partial charge on any atom is -0.476 e. The number of nitrogens with one attached hydrogen (secondary N) is 1. The lowest BCUT2D eigenvalue weighted by Gasteiger charge is -2.34. The number of likely N-dealkylation sites (tertiary alicyclic amines) is 1. The van der Waals surface area contributed by atoms with Gasteiger partial charge >= 0.3 is 0 Å². The number of fused-ring (bicyclic) bond motifs is 1. The number of rotatable bonds is 7. The van der Waals surface area contributed by atoms with Crippen LogP contribution in [0, 0.1) is 0 Å². The molecule has 1 N–H and O–H groups in total. The van der Waals surface area contributed by atoms with Gasteiger partial charge in [0.15, 0.2) is 6.10 Å². The van der Waals surface area contributed by atoms with Crippen molar-refractivity contribution in [2.24, 2.45) is 0 Å². The molecule has 3 aromatic rings. The van der Waals surface area contributed by atoms with E-state index in [0.717, 1.165) is 25.2 Å². The van der Waals surface area contributed by atoms with Crippen LogP contribution in [-0.2, 0) is 27.9 Å². The lowest BCUT2D eigenvalue weighted by atomic mass is 10.1. The van der Waals surface area contributed by atoms with Gasteiger partial charge in [-0.3, -0.25) is 14.0 Å². The minimum atomic E-state index is -3.93. The standard InChI is InChI=1S/C27H28ClN3O4S/c28-22-10-12-23(13-11-22)36(33,34)31-19-26(35-25-9-2-1-8-24(25)31)27(32)29-17-20-6-5-7-21(16-20)18-30-14-3-4-15-30/h1-2,5-13,16,26H,3-4,14-15,17-19H2,(H,29,32). The van der Waals surface area contributed by atoms with Crippen molar-refractivity contribution in [3.8, 4) is 5.75 Å². The highest BCUT2D eigenvalue weighted by Crippen LogP contribution is 2.37. The number of ether oxygens (including phenoxy) is 1. The fourth-order valence-electron chi connectivity index (χ4n) is 4.64. The van der Waals surface area contributed by atoms with Gasteiger partial charge in [-0.1, -0.05) is 48.0 Å². The molecule has 5 rings (SSSR count). The van der Waals surface area contributed by atoms with Gasteiger partial charge in [-0.15, -0.1) is 0 Å². The second-order valence-electron chi connectivity index (χ2n) is 9.09. The Kier molecular flexibility index (Phi) is 7.18. The molecule has 1 unspecified atom stereocenters. The molecule has 2 heterocycles. The summed E-state index contributed by atoms with van der Waals surface area (Å²) in [4.78, 5) is 15.6. The van der Waals surface area contributed by atoms with Gasteiger partial charge < -0.3 is 10.1 Å². The lowest BCUT2D eigenvalue weighted by molar-refractivity contribution is -0.127. The number of anilines is 1. The van der Waals surface area contributed by atoms with Gasteiger partial charge in [-0.05, 0) is 73.5 Å². The molecule has 0 aromatic heterocycles. The van der Waals surface area contributed by atoms with Crippen LogP contribution in [0.2, 0.25) is 5.02 Å². The predicted octanol–water partition coefficient (Wildman–Crippen LogP) is 4.21. The topological polar surface area (TPSA) is 79.0 Å². The van der Waals surface area contributed by atoms with Crippen molar-refractivity contribution in [2.75, 3.05) is 23.9 Å². The van der Waals surface area contributed by atoms with E-state index in [1.54, 1.807) is 24.3 Å². The monoisotopic (exact) mass is 525 g/mol. The van der Waals surface area contributed by atoms with E-state index in [2.05, 4.69) is 22.3 Å². The van der Waals surface area contributed by atoms with Crippen LogP contribution < -0.4 is 14.4 Å². The molecule has 9 heteroatoms. The number of sulfonamides is 1. The Morgan fingerprint density at radius 3 is 2.47 bits per heavy atom. The third-order valence-corrected chi connectivity index (χ3v) is 8.54. The molecule has 1 saturated heterocycles. The summed E-state index contributed by atoms with van der Waals surface area (Å²) in [5.41, 5.74) is 2.60. The molecule has 188 valence electrons. The number of para-hydroxylation sites is 2. The summed E-state index contributed by atoms with van der Waals surface area (Å²) in [6, 6.07) is 21.0. The van der Waals surface area contributed by atoms with Gasteiger partial charge in [0.1, 0.15) is 5.75 Å². The number of hydrogen-bond donors (Lipinski definition) is 1. The Hall–Kier alpha value is -3.07. The Morgan fingerprint density at radius 2 is 1.69 bits per heavy atom. The lowest BCUT2D eigenvalue weighted by Crippen LogP contribution is -2.50. The molecule has 2 aliphatic rings. The fraction of sp³-hybridized carbons (Fsp3) is 0.296. The van der Waals surface area contributed by atoms with Gasteiger partial charge in [-0.25, -0.2) is 8.42 Å². The van der Waals surface area contributed by atoms with Crippen molar-refractivity contribution in [3.63, 3.8) is 0 Å². The van der Waals surface area contributed by atoms with Crippen molar-refractivity contribution in [2.45, 2.75) is 36.9 Å². The zero-order valence-corrected chi connectivity index (χ0v) is 21.3. The maximum Gasteiger partial charge on any atom is 0.264 e. The zero-order valence-electron chi connectivity index (χ0n) is 19.8. The summed E-state index contributed by atoms with van der Waals surface area (Å²) >= 11 is 5.95. The Morgan fingerprint density at radius 1 is 0.972 bits per heavy atom. The summed E-state index contributed by atoms with van der Waals surface area (Å²) in [6.07, 6.45) is 1.49. The van der Waals surface area contributed by atoms with Crippen LogP contribution in [0.3, 0.4) is 0 Å². The number of nitrogens with zero attached hydrogens (tertiary/aromatic N) is 2. The van der Waals surface area contributed by atoms with E-state index in [1.807, 2.05) is 12.1 Å². The normalized spacial score (nSPS) is 17.9. The van der Waals surface area contributed by atoms with Crippen LogP contribution in [0.1, 0.15) is 24.0 Å². The highest BCUT2D eigenvalue weighted by Gasteiger charge is 2.37. The van der Waals surface area contributed by atoms with Crippen molar-refractivity contribution < 1.29 is 17.9 Å². The first-order chi connectivity index (χ1) is 17.4. The molecule has 3 aromatic carbocycles. The Balaban J connectivity index is 1.31. The number of carbonyl (C=O) groups excluding carboxylic acids is 1. The number of carbonyl (C=O) groups is 1. The van der Waals surface area contributed by atoms with Crippen LogP contribution >= 0.6 is 11.6 Å². The quantitative estimate of drug-likeness (QED) is 0.500. The van der Waals surface area contributed by atoms with E-state index in [-0.39, 0.29) is 17.3 Å². The molecule has 0 aliphatic carbocycles. The second-order valence-corrected chi connectivity index (χ2v) is 11.4. The van der Waals surface area contributed by atoms with Crippen molar-refractivity contribution in [3.05, 3.63) is 88.9 Å². The minimum absolute atomic E-state index is 0.0950. The average molecular weight is 526 g/mol. The van der Waals surface area contributed by atoms with Gasteiger partial charge in [0.05, 0.1) is 17.1 Å². The van der Waals surface area contributed by atoms with Crippen molar-refractivity contribution >= 4 is 33.2 Å². The van der Waals surface area contributed by atoms with E-state index in [4.69, 9.17) is 16.3 Å². The molecule has 1 amide bonds. The summed E-state index contributed by atoms with van der Waals surface area (Å²) < 4.78 is 34.1. The first-order valence-corrected chi connectivity index (χ1v) is 13.8. The molecule has 36 heavy (non-hydrogen) atoms. The predicted molar refractivity (Wildman–Crippen MR) is 140 cm³/mol. The molecule has 0 bridgehead atoms. The highest BCUT2D eigenvalue weighted by atomic mass is 35.5. The molecule has 0 radical (unpaired) electrons. The second kappa shape index (κ2) is 10.5. The van der Waals surface area contributed by atoms with Crippen molar-refractivity contribution in [1.29, 1.82) is 0 Å². The highest BCUT2D eigenvalue weighted by molar-refractivity contribution is 7.92. The molecule has 2 aliphatic heterocycles. The molecular formula is C27H28ClN3O4S. The summed E-state index contributed by atoms with van der Waals surface area (Å²) in [5, 5.41) is 3.37. The third kappa shape index (κ3) is 5.36. The first kappa shape index (κ1) is 24.6. The molecule has 1 fully saturated rings. The van der Waals surface area contributed by atoms with Gasteiger partial charge in [0, 0.05) is 18.1 Å². The average Bonchev–Trinajstić information content (AvgIpc) is 3.40. The van der Waals surface area contributed by atoms with Crippen LogP contribution in [-0.4, -0.2) is 45.0 Å². The number of benzene rings is 3. The molecule has 7 nitrogen and oxygen atoms in total. The van der Waals surface area contributed by atoms with Gasteiger partial charge in [0.2, 0.25) is 0 Å². The number of halogens is 1. The fourth-order valence-corrected chi connectivity index (χ4v) is 6.24. The summed E-state index contributed by atoms with van der Waals surface area (Å²) in [6.45, 7) is 3.34. The van der Waals surface area contributed by atoms with E-state index in [0.29, 0.717) is 23.0 Å². The molecule has 0 saturated carbocycles. The summed E-state index contributed by atoms with van der Waals surface area (Å²) in [7, 11) is -3.93. The smallest absolute Gasteiger partial charge is 0.264 e. The van der Waals surface area contributed by atoms with E-state index in [1.165, 1.54) is 47.0 Å². The van der Waals surface area contributed by atoms with E-state index < -0.39 is 16.1 Å². The van der Waals surface area contributed by atoms with E-state index in [9.17, 15) is 13.2 Å². The SMILES string of the molecule is O=C(NCc1cccc(CN2CCCC2)c1)C1CN(S(=O)(=O)c2ccc(Cl)cc2)c2ccccc2O1. The van der Waals surface area contributed by atoms with Crippen molar-refractivity contribution in [1.82, 2.24) is 10.2 Å². The number of amides is 1. The van der Waals surface area contributed by atoms with E-state index >= 15 is 0 Å².